The van der Waals surface area contributed by atoms with Crippen LogP contribution in [0, 0.1) is 11.6 Å². The third-order valence-electron chi connectivity index (χ3n) is 3.95. The van der Waals surface area contributed by atoms with Gasteiger partial charge in [0.15, 0.2) is 0 Å². The van der Waals surface area contributed by atoms with Crippen molar-refractivity contribution in [3.63, 3.8) is 0 Å². The van der Waals surface area contributed by atoms with E-state index in [0.717, 1.165) is 6.07 Å². The van der Waals surface area contributed by atoms with Crippen LogP contribution in [0.2, 0.25) is 0 Å². The predicted molar refractivity (Wildman–Crippen MR) is 88.5 cm³/mol. The van der Waals surface area contributed by atoms with Gasteiger partial charge in [-0.1, -0.05) is 18.2 Å². The van der Waals surface area contributed by atoms with E-state index in [2.05, 4.69) is 0 Å². The number of hydrogen-bond acceptors (Lipinski definition) is 2. The van der Waals surface area contributed by atoms with Crippen LogP contribution in [0.3, 0.4) is 0 Å². The number of carbonyl (C=O) groups excluding carboxylic acids is 1. The summed E-state index contributed by atoms with van der Waals surface area (Å²) in [5.41, 5.74) is 1.05. The third kappa shape index (κ3) is 3.72. The van der Waals surface area contributed by atoms with Crippen molar-refractivity contribution < 1.29 is 13.6 Å². The molecule has 1 saturated heterocycles. The molecule has 3 rings (SSSR count). The highest BCUT2D eigenvalue weighted by Crippen LogP contribution is 2.36. The third-order valence-corrected chi connectivity index (χ3v) is 5.26. The second-order valence-electron chi connectivity index (χ2n) is 5.47. The second-order valence-corrected chi connectivity index (χ2v) is 6.78. The zero-order valence-corrected chi connectivity index (χ0v) is 13.4. The number of hydrogen-bond donors (Lipinski definition) is 0. The van der Waals surface area contributed by atoms with Gasteiger partial charge in [0, 0.05) is 35.2 Å². The number of benzene rings is 2. The van der Waals surface area contributed by atoms with E-state index in [9.17, 15) is 13.6 Å². The van der Waals surface area contributed by atoms with Crippen molar-refractivity contribution in [2.75, 3.05) is 18.8 Å². The van der Waals surface area contributed by atoms with E-state index < -0.39 is 5.82 Å². The minimum absolute atomic E-state index is 0.00781. The van der Waals surface area contributed by atoms with Crippen LogP contribution in [0.1, 0.15) is 27.6 Å². The lowest BCUT2D eigenvalue weighted by atomic mass is 10.1. The Morgan fingerprint density at radius 2 is 1.87 bits per heavy atom. The Morgan fingerprint density at radius 1 is 1.09 bits per heavy atom. The van der Waals surface area contributed by atoms with Crippen molar-refractivity contribution in [2.24, 2.45) is 0 Å². The average Bonchev–Trinajstić information content (AvgIpc) is 2.83. The molecular formula is C18H17F2NOS. The maximum absolute atomic E-state index is 13.9. The number of carbonyl (C=O) groups is 1. The molecule has 0 aliphatic carbocycles. The van der Waals surface area contributed by atoms with E-state index in [1.807, 2.05) is 18.2 Å². The summed E-state index contributed by atoms with van der Waals surface area (Å²) in [7, 11) is 0. The zero-order chi connectivity index (χ0) is 16.2. The Hall–Kier alpha value is -1.88. The molecule has 1 aliphatic rings. The van der Waals surface area contributed by atoms with Crippen molar-refractivity contribution >= 4 is 17.7 Å². The highest BCUT2D eigenvalue weighted by atomic mass is 32.2. The molecule has 2 aromatic rings. The van der Waals surface area contributed by atoms with Crippen molar-refractivity contribution in [3.8, 4) is 0 Å². The molecule has 0 radical (unpaired) electrons. The van der Waals surface area contributed by atoms with Gasteiger partial charge < -0.3 is 4.90 Å². The van der Waals surface area contributed by atoms with Gasteiger partial charge in [0.05, 0.1) is 0 Å². The smallest absolute Gasteiger partial charge is 0.253 e. The number of nitrogens with zero attached hydrogens (tertiary/aromatic N) is 1. The first-order chi connectivity index (χ1) is 11.1. The summed E-state index contributed by atoms with van der Waals surface area (Å²) in [6.45, 7) is 1.16. The molecule has 1 fully saturated rings. The first-order valence-corrected chi connectivity index (χ1v) is 8.61. The summed E-state index contributed by atoms with van der Waals surface area (Å²) in [6.07, 6.45) is 0.615. The largest absolute Gasteiger partial charge is 0.338 e. The monoisotopic (exact) mass is 333 g/mol. The highest BCUT2D eigenvalue weighted by molar-refractivity contribution is 7.99. The molecule has 0 saturated carbocycles. The van der Waals surface area contributed by atoms with E-state index in [1.54, 1.807) is 28.8 Å². The second kappa shape index (κ2) is 7.13. The molecule has 5 heteroatoms. The van der Waals surface area contributed by atoms with Gasteiger partial charge in [-0.15, -0.1) is 0 Å². The van der Waals surface area contributed by atoms with Gasteiger partial charge in [-0.3, -0.25) is 4.79 Å². The first kappa shape index (κ1) is 16.0. The Kier molecular flexibility index (Phi) is 4.96. The summed E-state index contributed by atoms with van der Waals surface area (Å²) < 4.78 is 27.3. The van der Waals surface area contributed by atoms with Gasteiger partial charge in [-0.05, 0) is 36.8 Å². The molecule has 1 atom stereocenters. The Morgan fingerprint density at radius 3 is 2.65 bits per heavy atom. The van der Waals surface area contributed by atoms with E-state index >= 15 is 0 Å². The molecule has 2 nitrogen and oxygen atoms in total. The standard InChI is InChI=1S/C18H17F2NOS/c19-14-6-7-16(20)15(12-14)17-8-9-21(10-11-23-17)18(22)13-4-2-1-3-5-13/h1-7,12,17H,8-11H2/t17-/m1/s1. The minimum atomic E-state index is -0.427. The molecule has 0 spiro atoms. The van der Waals surface area contributed by atoms with Crippen LogP contribution >= 0.6 is 11.8 Å². The van der Waals surface area contributed by atoms with Crippen LogP contribution in [0.15, 0.2) is 48.5 Å². The lowest BCUT2D eigenvalue weighted by Gasteiger charge is -2.20. The normalized spacial score (nSPS) is 18.5. The molecular weight excluding hydrogens is 316 g/mol. The minimum Gasteiger partial charge on any atom is -0.338 e. The van der Waals surface area contributed by atoms with Crippen LogP contribution < -0.4 is 0 Å². The van der Waals surface area contributed by atoms with E-state index in [-0.39, 0.29) is 17.0 Å². The zero-order valence-electron chi connectivity index (χ0n) is 12.5. The number of halogens is 2. The summed E-state index contributed by atoms with van der Waals surface area (Å²) >= 11 is 1.58. The lowest BCUT2D eigenvalue weighted by Crippen LogP contribution is -2.32. The number of amides is 1. The van der Waals surface area contributed by atoms with Gasteiger partial charge >= 0.3 is 0 Å². The van der Waals surface area contributed by atoms with Gasteiger partial charge in [-0.2, -0.15) is 11.8 Å². The van der Waals surface area contributed by atoms with Crippen molar-refractivity contribution in [1.82, 2.24) is 4.90 Å². The Bertz CT molecular complexity index is 693. The van der Waals surface area contributed by atoms with E-state index in [1.165, 1.54) is 12.1 Å². The molecule has 1 aliphatic heterocycles. The average molecular weight is 333 g/mol. The maximum Gasteiger partial charge on any atom is 0.253 e. The van der Waals surface area contributed by atoms with Crippen LogP contribution in [-0.4, -0.2) is 29.6 Å². The molecule has 0 N–H and O–H groups in total. The Labute approximate surface area is 138 Å². The Balaban J connectivity index is 1.72. The van der Waals surface area contributed by atoms with Crippen molar-refractivity contribution in [1.29, 1.82) is 0 Å². The van der Waals surface area contributed by atoms with Crippen LogP contribution in [0.25, 0.3) is 0 Å². The fraction of sp³-hybridized carbons (Fsp3) is 0.278. The summed E-state index contributed by atoms with van der Waals surface area (Å²) in [5.74, 6) is -0.110. The quantitative estimate of drug-likeness (QED) is 0.817. The van der Waals surface area contributed by atoms with Gasteiger partial charge in [0.25, 0.3) is 5.91 Å². The molecule has 120 valence electrons. The molecule has 0 aromatic heterocycles. The molecule has 0 bridgehead atoms. The van der Waals surface area contributed by atoms with Crippen molar-refractivity contribution in [3.05, 3.63) is 71.3 Å². The fourth-order valence-electron chi connectivity index (χ4n) is 2.75. The summed E-state index contributed by atoms with van der Waals surface area (Å²) in [6, 6.07) is 12.7. The van der Waals surface area contributed by atoms with Crippen LogP contribution in [0.5, 0.6) is 0 Å². The predicted octanol–water partition coefficient (Wildman–Crippen LogP) is 4.29. The topological polar surface area (TPSA) is 20.3 Å². The molecule has 2 aromatic carbocycles. The maximum atomic E-state index is 13.9. The highest BCUT2D eigenvalue weighted by Gasteiger charge is 2.24. The van der Waals surface area contributed by atoms with Crippen molar-refractivity contribution in [2.45, 2.75) is 11.7 Å². The van der Waals surface area contributed by atoms with Gasteiger partial charge in [-0.25, -0.2) is 8.78 Å². The summed E-state index contributed by atoms with van der Waals surface area (Å²) in [5, 5.41) is -0.126. The summed E-state index contributed by atoms with van der Waals surface area (Å²) in [4.78, 5) is 14.3. The molecule has 23 heavy (non-hydrogen) atoms. The van der Waals surface area contributed by atoms with E-state index in [0.29, 0.717) is 36.4 Å². The van der Waals surface area contributed by atoms with Gasteiger partial charge in [0.1, 0.15) is 11.6 Å². The SMILES string of the molecule is O=C(c1ccccc1)N1CCS[C@@H](c2cc(F)ccc2F)CC1. The van der Waals surface area contributed by atoms with Gasteiger partial charge in [0.2, 0.25) is 0 Å². The molecule has 1 amide bonds. The first-order valence-electron chi connectivity index (χ1n) is 7.56. The van der Waals surface area contributed by atoms with E-state index in [4.69, 9.17) is 0 Å². The molecule has 1 heterocycles. The fourth-order valence-corrected chi connectivity index (χ4v) is 3.99. The van der Waals surface area contributed by atoms with Crippen LogP contribution in [0.4, 0.5) is 8.78 Å². The molecule has 0 unspecified atom stereocenters. The lowest BCUT2D eigenvalue weighted by molar-refractivity contribution is 0.0766. The number of thioether (sulfide) groups is 1. The van der Waals surface area contributed by atoms with Crippen LogP contribution in [-0.2, 0) is 0 Å². The number of rotatable bonds is 2.